The summed E-state index contributed by atoms with van der Waals surface area (Å²) in [5.41, 5.74) is 1.08. The van der Waals surface area contributed by atoms with Gasteiger partial charge < -0.3 is 10.6 Å². The van der Waals surface area contributed by atoms with Crippen molar-refractivity contribution in [3.8, 4) is 0 Å². The first-order chi connectivity index (χ1) is 9.67. The quantitative estimate of drug-likeness (QED) is 0.407. The minimum atomic E-state index is -0.688. The summed E-state index contributed by atoms with van der Waals surface area (Å²) in [7, 11) is 1.51. The fourth-order valence-corrected chi connectivity index (χ4v) is 2.02. The number of hydrogen-bond acceptors (Lipinski definition) is 4. The van der Waals surface area contributed by atoms with Gasteiger partial charge in [-0.05, 0) is 11.8 Å². The molecule has 0 bridgehead atoms. The molecule has 0 fully saturated rings. The van der Waals surface area contributed by atoms with Gasteiger partial charge in [-0.25, -0.2) is 5.48 Å². The third-order valence-corrected chi connectivity index (χ3v) is 3.23. The second-order valence-corrected chi connectivity index (χ2v) is 6.15. The zero-order valence-electron chi connectivity index (χ0n) is 13.4. The molecule has 0 saturated heterocycles. The van der Waals surface area contributed by atoms with Crippen molar-refractivity contribution in [2.24, 2.45) is 11.3 Å². The number of carbonyl (C=O) groups excluding carboxylic acids is 3. The van der Waals surface area contributed by atoms with Crippen molar-refractivity contribution in [2.45, 2.75) is 53.0 Å². The van der Waals surface area contributed by atoms with Crippen LogP contribution in [0.4, 0.5) is 0 Å². The minimum Gasteiger partial charge on any atom is -0.357 e. The molecule has 4 N–H and O–H groups in total. The predicted octanol–water partition coefficient (Wildman–Crippen LogP) is 0.575. The Morgan fingerprint density at radius 2 is 1.71 bits per heavy atom. The van der Waals surface area contributed by atoms with Crippen molar-refractivity contribution in [3.05, 3.63) is 0 Å². The Morgan fingerprint density at radius 1 is 1.14 bits per heavy atom. The van der Waals surface area contributed by atoms with Gasteiger partial charge in [0.25, 0.3) is 0 Å². The molecule has 7 heteroatoms. The molecule has 0 radical (unpaired) electrons. The number of rotatable bonds is 7. The molecule has 7 nitrogen and oxygen atoms in total. The second-order valence-electron chi connectivity index (χ2n) is 6.15. The average Bonchev–Trinajstić information content (AvgIpc) is 2.41. The lowest BCUT2D eigenvalue weighted by Gasteiger charge is -2.31. The van der Waals surface area contributed by atoms with Crippen LogP contribution in [0.1, 0.15) is 47.0 Å². The summed E-state index contributed by atoms with van der Waals surface area (Å²) in [5.74, 6) is -1.82. The smallest absolute Gasteiger partial charge is 0.244 e. The summed E-state index contributed by atoms with van der Waals surface area (Å²) in [5, 5.41) is 13.8. The van der Waals surface area contributed by atoms with Gasteiger partial charge in [0, 0.05) is 19.4 Å². The Morgan fingerprint density at radius 3 is 2.10 bits per heavy atom. The third-order valence-electron chi connectivity index (χ3n) is 3.23. The van der Waals surface area contributed by atoms with Crippen molar-refractivity contribution in [1.82, 2.24) is 16.1 Å². The molecular formula is C14H27N3O4. The lowest BCUT2D eigenvalue weighted by Crippen LogP contribution is -2.54. The molecule has 2 atom stereocenters. The van der Waals surface area contributed by atoms with Crippen molar-refractivity contribution in [1.29, 1.82) is 0 Å². The Labute approximate surface area is 125 Å². The molecule has 3 amide bonds. The molecule has 0 aliphatic heterocycles. The molecule has 0 aromatic carbocycles. The Balaban J connectivity index is 4.99. The van der Waals surface area contributed by atoms with Gasteiger partial charge >= 0.3 is 0 Å². The summed E-state index contributed by atoms with van der Waals surface area (Å²) in [6.07, 6.45) is 1.11. The summed E-state index contributed by atoms with van der Waals surface area (Å²) < 4.78 is 0. The number of hydroxylamine groups is 1. The van der Waals surface area contributed by atoms with Crippen LogP contribution in [0, 0.1) is 11.3 Å². The zero-order valence-corrected chi connectivity index (χ0v) is 13.4. The number of nitrogens with one attached hydrogen (secondary N) is 3. The first-order valence-corrected chi connectivity index (χ1v) is 7.12. The highest BCUT2D eigenvalue weighted by Gasteiger charge is 2.34. The molecule has 0 aliphatic rings. The Bertz CT molecular complexity index is 377. The van der Waals surface area contributed by atoms with E-state index >= 15 is 0 Å². The van der Waals surface area contributed by atoms with Gasteiger partial charge in [-0.15, -0.1) is 0 Å². The van der Waals surface area contributed by atoms with Gasteiger partial charge in [0.05, 0.1) is 0 Å². The lowest BCUT2D eigenvalue weighted by atomic mass is 9.85. The number of hydrogen-bond donors (Lipinski definition) is 4. The van der Waals surface area contributed by atoms with E-state index in [0.717, 1.165) is 6.42 Å². The average molecular weight is 301 g/mol. The van der Waals surface area contributed by atoms with Gasteiger partial charge in [-0.1, -0.05) is 34.1 Å². The molecule has 122 valence electrons. The number of amides is 3. The van der Waals surface area contributed by atoms with Gasteiger partial charge in [0.2, 0.25) is 17.7 Å². The van der Waals surface area contributed by atoms with E-state index < -0.39 is 23.3 Å². The maximum atomic E-state index is 12.3. The topological polar surface area (TPSA) is 108 Å². The van der Waals surface area contributed by atoms with E-state index in [1.807, 2.05) is 27.7 Å². The van der Waals surface area contributed by atoms with Gasteiger partial charge in [0.15, 0.2) is 0 Å². The van der Waals surface area contributed by atoms with Crippen LogP contribution in [-0.4, -0.2) is 36.0 Å². The SMILES string of the molecule is CCC[C@H](CC(=O)NO)C(=O)N[C@H](C(=O)NC)C(C)(C)C. The van der Waals surface area contributed by atoms with Crippen LogP contribution in [-0.2, 0) is 14.4 Å². The van der Waals surface area contributed by atoms with Gasteiger partial charge in [-0.3, -0.25) is 19.6 Å². The van der Waals surface area contributed by atoms with E-state index in [2.05, 4.69) is 10.6 Å². The molecule has 0 aliphatic carbocycles. The van der Waals surface area contributed by atoms with Crippen molar-refractivity contribution in [2.75, 3.05) is 7.05 Å². The summed E-state index contributed by atoms with van der Waals surface area (Å²) >= 11 is 0. The fourth-order valence-electron chi connectivity index (χ4n) is 2.02. The predicted molar refractivity (Wildman–Crippen MR) is 78.4 cm³/mol. The molecule has 0 aromatic heterocycles. The van der Waals surface area contributed by atoms with Crippen LogP contribution in [0.15, 0.2) is 0 Å². The van der Waals surface area contributed by atoms with Crippen molar-refractivity contribution >= 4 is 17.7 Å². The molecule has 0 heterocycles. The van der Waals surface area contributed by atoms with Gasteiger partial charge in [0.1, 0.15) is 6.04 Å². The molecule has 0 rings (SSSR count). The van der Waals surface area contributed by atoms with E-state index in [4.69, 9.17) is 5.21 Å². The maximum Gasteiger partial charge on any atom is 0.244 e. The molecule has 0 saturated carbocycles. The van der Waals surface area contributed by atoms with Crippen molar-refractivity contribution in [3.63, 3.8) is 0 Å². The highest BCUT2D eigenvalue weighted by molar-refractivity contribution is 5.90. The fraction of sp³-hybridized carbons (Fsp3) is 0.786. The molecule has 0 aromatic rings. The van der Waals surface area contributed by atoms with Crippen LogP contribution >= 0.6 is 0 Å². The van der Waals surface area contributed by atoms with E-state index in [1.165, 1.54) is 12.5 Å². The molecular weight excluding hydrogens is 274 g/mol. The molecule has 21 heavy (non-hydrogen) atoms. The van der Waals surface area contributed by atoms with Crippen LogP contribution in [0.2, 0.25) is 0 Å². The summed E-state index contributed by atoms with van der Waals surface area (Å²) in [6, 6.07) is -0.688. The minimum absolute atomic E-state index is 0.110. The van der Waals surface area contributed by atoms with Crippen LogP contribution in [0.3, 0.4) is 0 Å². The maximum absolute atomic E-state index is 12.3. The number of carbonyl (C=O) groups is 3. The highest BCUT2D eigenvalue weighted by atomic mass is 16.5. The Kier molecular flexibility index (Phi) is 7.94. The van der Waals surface area contributed by atoms with Crippen LogP contribution in [0.25, 0.3) is 0 Å². The summed E-state index contributed by atoms with van der Waals surface area (Å²) in [6.45, 7) is 7.45. The van der Waals surface area contributed by atoms with E-state index in [1.54, 1.807) is 0 Å². The zero-order chi connectivity index (χ0) is 16.6. The molecule has 0 spiro atoms. The first kappa shape index (κ1) is 19.4. The Hall–Kier alpha value is -1.63. The normalized spacial score (nSPS) is 14.0. The van der Waals surface area contributed by atoms with E-state index in [0.29, 0.717) is 6.42 Å². The molecule has 0 unspecified atom stereocenters. The summed E-state index contributed by atoms with van der Waals surface area (Å²) in [4.78, 5) is 35.5. The van der Waals surface area contributed by atoms with Crippen LogP contribution in [0.5, 0.6) is 0 Å². The highest BCUT2D eigenvalue weighted by Crippen LogP contribution is 2.21. The van der Waals surface area contributed by atoms with E-state index in [9.17, 15) is 14.4 Å². The third kappa shape index (κ3) is 6.57. The second kappa shape index (κ2) is 8.61. The largest absolute Gasteiger partial charge is 0.357 e. The van der Waals surface area contributed by atoms with Gasteiger partial charge in [-0.2, -0.15) is 0 Å². The van der Waals surface area contributed by atoms with E-state index in [-0.39, 0.29) is 18.2 Å². The van der Waals surface area contributed by atoms with Crippen molar-refractivity contribution < 1.29 is 19.6 Å². The first-order valence-electron chi connectivity index (χ1n) is 7.12. The number of likely N-dealkylation sites (N-methyl/N-ethyl adjacent to an activating group) is 1. The van der Waals surface area contributed by atoms with Crippen LogP contribution < -0.4 is 16.1 Å². The monoisotopic (exact) mass is 301 g/mol. The standard InChI is InChI=1S/C14H27N3O4/c1-6-7-9(8-10(18)17-21)12(19)16-11(13(20)15-5)14(2,3)4/h9,11,21H,6-8H2,1-5H3,(H,15,20)(H,16,19)(H,17,18)/t9-,11-/m1/s1. The lowest BCUT2D eigenvalue weighted by molar-refractivity contribution is -0.137.